The Morgan fingerprint density at radius 2 is 1.88 bits per heavy atom. The van der Waals surface area contributed by atoms with Gasteiger partial charge < -0.3 is 9.72 Å². The summed E-state index contributed by atoms with van der Waals surface area (Å²) in [5.41, 5.74) is 5.22. The molecule has 128 valence electrons. The number of hydrogen-bond donors (Lipinski definition) is 1. The van der Waals surface area contributed by atoms with Crippen LogP contribution in [0.5, 0.6) is 5.75 Å². The highest BCUT2D eigenvalue weighted by atomic mass is 16.5. The van der Waals surface area contributed by atoms with E-state index >= 15 is 0 Å². The van der Waals surface area contributed by atoms with Gasteiger partial charge in [0.25, 0.3) is 0 Å². The second-order valence-corrected chi connectivity index (χ2v) is 7.14. The Morgan fingerprint density at radius 1 is 1.08 bits per heavy atom. The zero-order valence-electron chi connectivity index (χ0n) is 15.4. The van der Waals surface area contributed by atoms with Crippen molar-refractivity contribution in [2.75, 3.05) is 6.61 Å². The molecule has 0 amide bonds. The highest BCUT2D eigenvalue weighted by Crippen LogP contribution is 2.35. The number of aromatic nitrogens is 1. The number of aryl methyl sites for hydroxylation is 1. The Morgan fingerprint density at radius 3 is 2.62 bits per heavy atom. The molecular formula is C22H29NO. The standard InChI is InChI=1S/C22H29NO/c1-5-24-21-14-19-18-12-8-9-13-20(18)23-22(19)17(16(21)4)11-7-6-10-15(2)3/h8-9,12-15,23H,5-7,10-11H2,1-4H3. The number of rotatable bonds is 7. The van der Waals surface area contributed by atoms with Gasteiger partial charge in [-0.1, -0.05) is 44.9 Å². The molecule has 2 nitrogen and oxygen atoms in total. The largest absolute Gasteiger partial charge is 0.494 e. The Bertz CT molecular complexity index is 829. The Balaban J connectivity index is 2.04. The molecule has 0 unspecified atom stereocenters. The molecule has 0 saturated heterocycles. The average molecular weight is 323 g/mol. The van der Waals surface area contributed by atoms with Gasteiger partial charge in [0.15, 0.2) is 0 Å². The zero-order chi connectivity index (χ0) is 17.1. The van der Waals surface area contributed by atoms with Crippen molar-refractivity contribution in [1.82, 2.24) is 4.98 Å². The number of para-hydroxylation sites is 1. The predicted molar refractivity (Wildman–Crippen MR) is 104 cm³/mol. The molecule has 0 bridgehead atoms. The van der Waals surface area contributed by atoms with Gasteiger partial charge in [-0.3, -0.25) is 0 Å². The first-order valence-corrected chi connectivity index (χ1v) is 9.27. The Hall–Kier alpha value is -1.96. The average Bonchev–Trinajstić information content (AvgIpc) is 2.92. The molecule has 0 fully saturated rings. The van der Waals surface area contributed by atoms with Crippen LogP contribution in [0.15, 0.2) is 30.3 Å². The maximum atomic E-state index is 5.93. The lowest BCUT2D eigenvalue weighted by molar-refractivity contribution is 0.338. The van der Waals surface area contributed by atoms with Crippen LogP contribution in [0.1, 0.15) is 51.2 Å². The molecule has 3 rings (SSSR count). The van der Waals surface area contributed by atoms with E-state index < -0.39 is 0 Å². The van der Waals surface area contributed by atoms with E-state index in [-0.39, 0.29) is 0 Å². The van der Waals surface area contributed by atoms with E-state index in [2.05, 4.69) is 63.0 Å². The quantitative estimate of drug-likeness (QED) is 0.500. The van der Waals surface area contributed by atoms with Crippen molar-refractivity contribution in [2.24, 2.45) is 5.92 Å². The molecule has 0 aliphatic carbocycles. The number of ether oxygens (including phenoxy) is 1. The van der Waals surface area contributed by atoms with Crippen molar-refractivity contribution in [2.45, 2.75) is 53.4 Å². The van der Waals surface area contributed by atoms with Crippen LogP contribution in [-0.4, -0.2) is 11.6 Å². The van der Waals surface area contributed by atoms with Gasteiger partial charge in [0.2, 0.25) is 0 Å². The highest BCUT2D eigenvalue weighted by Gasteiger charge is 2.15. The Labute approximate surface area is 145 Å². The summed E-state index contributed by atoms with van der Waals surface area (Å²) in [6.07, 6.45) is 4.94. The molecule has 0 aliphatic rings. The summed E-state index contributed by atoms with van der Waals surface area (Å²) < 4.78 is 5.93. The van der Waals surface area contributed by atoms with Crippen LogP contribution in [0.25, 0.3) is 21.8 Å². The topological polar surface area (TPSA) is 25.0 Å². The number of hydrogen-bond acceptors (Lipinski definition) is 1. The fourth-order valence-electron chi connectivity index (χ4n) is 3.60. The van der Waals surface area contributed by atoms with Gasteiger partial charge in [-0.2, -0.15) is 0 Å². The third-order valence-electron chi connectivity index (χ3n) is 4.90. The maximum absolute atomic E-state index is 5.93. The number of aromatic amines is 1. The van der Waals surface area contributed by atoms with Gasteiger partial charge in [-0.15, -0.1) is 0 Å². The van der Waals surface area contributed by atoms with Crippen molar-refractivity contribution in [3.8, 4) is 5.75 Å². The van der Waals surface area contributed by atoms with E-state index in [0.29, 0.717) is 6.61 Å². The van der Waals surface area contributed by atoms with Gasteiger partial charge in [-0.25, -0.2) is 0 Å². The minimum absolute atomic E-state index is 0.710. The molecule has 0 saturated carbocycles. The minimum atomic E-state index is 0.710. The van der Waals surface area contributed by atoms with Gasteiger partial charge in [0.1, 0.15) is 5.75 Å². The molecule has 0 atom stereocenters. The van der Waals surface area contributed by atoms with Crippen LogP contribution in [0, 0.1) is 12.8 Å². The van der Waals surface area contributed by atoms with Crippen molar-refractivity contribution < 1.29 is 4.74 Å². The number of fused-ring (bicyclic) bond motifs is 3. The second-order valence-electron chi connectivity index (χ2n) is 7.14. The van der Waals surface area contributed by atoms with Crippen LogP contribution < -0.4 is 4.74 Å². The lowest BCUT2D eigenvalue weighted by Gasteiger charge is -2.14. The second kappa shape index (κ2) is 7.29. The molecule has 0 spiro atoms. The maximum Gasteiger partial charge on any atom is 0.123 e. The van der Waals surface area contributed by atoms with E-state index in [1.165, 1.54) is 52.2 Å². The molecule has 1 heterocycles. The summed E-state index contributed by atoms with van der Waals surface area (Å²) in [6.45, 7) is 9.57. The molecule has 2 aromatic carbocycles. The first-order chi connectivity index (χ1) is 11.6. The van der Waals surface area contributed by atoms with Gasteiger partial charge in [-0.05, 0) is 55.9 Å². The fourth-order valence-corrected chi connectivity index (χ4v) is 3.60. The Kier molecular flexibility index (Phi) is 5.13. The van der Waals surface area contributed by atoms with Crippen LogP contribution in [0.2, 0.25) is 0 Å². The van der Waals surface area contributed by atoms with Crippen LogP contribution in [0.3, 0.4) is 0 Å². The van der Waals surface area contributed by atoms with Crippen molar-refractivity contribution in [3.05, 3.63) is 41.5 Å². The third-order valence-corrected chi connectivity index (χ3v) is 4.90. The van der Waals surface area contributed by atoms with Crippen LogP contribution in [-0.2, 0) is 6.42 Å². The lowest BCUT2D eigenvalue weighted by Crippen LogP contribution is -1.99. The van der Waals surface area contributed by atoms with Crippen molar-refractivity contribution in [3.63, 3.8) is 0 Å². The van der Waals surface area contributed by atoms with Crippen LogP contribution >= 0.6 is 0 Å². The van der Waals surface area contributed by atoms with E-state index in [4.69, 9.17) is 4.74 Å². The molecule has 0 aliphatic heterocycles. The summed E-state index contributed by atoms with van der Waals surface area (Å²) in [5, 5.41) is 2.58. The van der Waals surface area contributed by atoms with E-state index in [1.54, 1.807) is 0 Å². The van der Waals surface area contributed by atoms with Crippen molar-refractivity contribution >= 4 is 21.8 Å². The molecule has 1 N–H and O–H groups in total. The first-order valence-electron chi connectivity index (χ1n) is 9.27. The monoisotopic (exact) mass is 323 g/mol. The minimum Gasteiger partial charge on any atom is -0.494 e. The molecule has 24 heavy (non-hydrogen) atoms. The molecular weight excluding hydrogens is 294 g/mol. The third kappa shape index (κ3) is 3.28. The van der Waals surface area contributed by atoms with Gasteiger partial charge in [0, 0.05) is 16.3 Å². The van der Waals surface area contributed by atoms with E-state index in [9.17, 15) is 0 Å². The first kappa shape index (κ1) is 16.9. The molecule has 3 aromatic rings. The summed E-state index contributed by atoms with van der Waals surface area (Å²) in [5.74, 6) is 1.82. The van der Waals surface area contributed by atoms with Crippen LogP contribution in [0.4, 0.5) is 0 Å². The van der Waals surface area contributed by atoms with Gasteiger partial charge in [0.05, 0.1) is 12.1 Å². The van der Waals surface area contributed by atoms with E-state index in [0.717, 1.165) is 18.1 Å². The summed E-state index contributed by atoms with van der Waals surface area (Å²) in [7, 11) is 0. The summed E-state index contributed by atoms with van der Waals surface area (Å²) in [4.78, 5) is 3.65. The van der Waals surface area contributed by atoms with Gasteiger partial charge >= 0.3 is 0 Å². The molecule has 0 radical (unpaired) electrons. The lowest BCUT2D eigenvalue weighted by atomic mass is 9.96. The molecule has 1 aromatic heterocycles. The van der Waals surface area contributed by atoms with Crippen molar-refractivity contribution in [1.29, 1.82) is 0 Å². The summed E-state index contributed by atoms with van der Waals surface area (Å²) in [6, 6.07) is 10.8. The normalized spacial score (nSPS) is 11.7. The number of nitrogens with one attached hydrogen (secondary N) is 1. The summed E-state index contributed by atoms with van der Waals surface area (Å²) >= 11 is 0. The number of benzene rings is 2. The smallest absolute Gasteiger partial charge is 0.123 e. The highest BCUT2D eigenvalue weighted by molar-refractivity contribution is 6.09. The SMILES string of the molecule is CCOc1cc2c([nH]c3ccccc32)c(CCCCC(C)C)c1C. The zero-order valence-corrected chi connectivity index (χ0v) is 15.4. The number of H-pyrrole nitrogens is 1. The molecule has 2 heteroatoms. The fraction of sp³-hybridized carbons (Fsp3) is 0.455. The number of unbranched alkanes of at least 4 members (excludes halogenated alkanes) is 1. The predicted octanol–water partition coefficient (Wildman–Crippen LogP) is 6.40. The van der Waals surface area contributed by atoms with E-state index in [1.807, 2.05) is 0 Å².